The maximum atomic E-state index is 11.3. The summed E-state index contributed by atoms with van der Waals surface area (Å²) in [7, 11) is 0. The minimum absolute atomic E-state index is 0.0635. The Hall–Kier alpha value is -6.10. The van der Waals surface area contributed by atoms with Gasteiger partial charge in [-0.05, 0) is 81.6 Å². The minimum Gasteiger partial charge on any atom is -0.308 e. The summed E-state index contributed by atoms with van der Waals surface area (Å²) in [5.41, 5.74) is 11.1. The molecule has 6 aromatic carbocycles. The summed E-state index contributed by atoms with van der Waals surface area (Å²) in [6.07, 6.45) is 0. The molecule has 4 nitrogen and oxygen atoms in total. The van der Waals surface area contributed by atoms with E-state index in [1.54, 1.807) is 0 Å². The lowest BCUT2D eigenvalue weighted by molar-refractivity contribution is 0.590. The molecule has 0 amide bonds. The summed E-state index contributed by atoms with van der Waals surface area (Å²) in [5, 5.41) is 25.7. The van der Waals surface area contributed by atoms with Gasteiger partial charge in [0.2, 0.25) is 0 Å². The Balaban J connectivity index is 1.57. The van der Waals surface area contributed by atoms with Gasteiger partial charge in [-0.2, -0.15) is 10.5 Å². The fraction of sp³-hybridized carbons (Fsp3) is 0.174. The smallest absolute Gasteiger partial charge is 0.104 e. The van der Waals surface area contributed by atoms with Crippen molar-refractivity contribution in [2.75, 3.05) is 0 Å². The third-order valence-corrected chi connectivity index (χ3v) is 10.1. The zero-order valence-electron chi connectivity index (χ0n) is 29.3. The first-order chi connectivity index (χ1) is 24.0. The van der Waals surface area contributed by atoms with Gasteiger partial charge < -0.3 is 9.13 Å². The molecule has 0 radical (unpaired) electrons. The summed E-state index contributed by atoms with van der Waals surface area (Å²) < 4.78 is 4.54. The van der Waals surface area contributed by atoms with Crippen molar-refractivity contribution < 1.29 is 0 Å². The Morgan fingerprint density at radius 3 is 1.38 bits per heavy atom. The highest BCUT2D eigenvalue weighted by Crippen LogP contribution is 2.41. The van der Waals surface area contributed by atoms with Gasteiger partial charge in [0, 0.05) is 21.5 Å². The number of rotatable bonds is 3. The molecule has 0 spiro atoms. The van der Waals surface area contributed by atoms with Crippen LogP contribution in [0, 0.1) is 22.7 Å². The molecule has 4 heteroatoms. The Kier molecular flexibility index (Phi) is 7.00. The quantitative estimate of drug-likeness (QED) is 0.192. The van der Waals surface area contributed by atoms with Gasteiger partial charge in [-0.1, -0.05) is 114 Å². The van der Waals surface area contributed by atoms with Crippen LogP contribution in [0.15, 0.2) is 121 Å². The zero-order chi connectivity index (χ0) is 34.9. The average Bonchev–Trinajstić information content (AvgIpc) is 3.62. The Morgan fingerprint density at radius 1 is 0.440 bits per heavy atom. The van der Waals surface area contributed by atoms with E-state index in [-0.39, 0.29) is 10.8 Å². The first-order valence-corrected chi connectivity index (χ1v) is 17.1. The lowest BCUT2D eigenvalue weighted by Gasteiger charge is -2.21. The molecular formula is C46H38N4. The third kappa shape index (κ3) is 4.88. The maximum Gasteiger partial charge on any atom is 0.104 e. The SMILES string of the molecule is CC(C)(C)c1ccc2c3ccccc3n(-c3cc(-c4cccc(C#N)c4)cc(-n4c5ccccc5c5ccc(C(C)(C)C)cc54)c3C#N)c2c1. The van der Waals surface area contributed by atoms with Crippen LogP contribution in [0.4, 0.5) is 0 Å². The predicted molar refractivity (Wildman–Crippen MR) is 207 cm³/mol. The van der Waals surface area contributed by atoms with Crippen molar-refractivity contribution in [3.8, 4) is 34.6 Å². The molecule has 2 aromatic heterocycles. The standard InChI is InChI=1S/C46H38N4/c1-45(2,3)32-18-20-36-34-14-7-9-16-39(34)49(43(36)25-32)41-23-31(30-13-11-12-29(22-30)27-47)24-42(38(41)28-48)50-40-17-10-8-15-35(40)37-21-19-33(26-44(37)50)46(4,5)6/h7-26H,1-6H3. The summed E-state index contributed by atoms with van der Waals surface area (Å²) in [5.74, 6) is 0. The second-order valence-electron chi connectivity index (χ2n) is 15.4. The van der Waals surface area contributed by atoms with Gasteiger partial charge >= 0.3 is 0 Å². The molecule has 242 valence electrons. The van der Waals surface area contributed by atoms with Crippen molar-refractivity contribution in [3.05, 3.63) is 144 Å². The summed E-state index contributed by atoms with van der Waals surface area (Å²) in [6, 6.07) is 47.4. The predicted octanol–water partition coefficient (Wildman–Crippen LogP) is 11.9. The molecule has 0 aliphatic heterocycles. The topological polar surface area (TPSA) is 57.4 Å². The lowest BCUT2D eigenvalue weighted by Crippen LogP contribution is -2.11. The normalized spacial score (nSPS) is 12.2. The first kappa shape index (κ1) is 31.2. The van der Waals surface area contributed by atoms with Gasteiger partial charge in [0.1, 0.15) is 11.6 Å². The highest BCUT2D eigenvalue weighted by atomic mass is 15.0. The van der Waals surface area contributed by atoms with Gasteiger partial charge in [-0.15, -0.1) is 0 Å². The summed E-state index contributed by atoms with van der Waals surface area (Å²) >= 11 is 0. The van der Waals surface area contributed by atoms with Crippen molar-refractivity contribution in [2.45, 2.75) is 52.4 Å². The number of nitriles is 2. The van der Waals surface area contributed by atoms with Gasteiger partial charge in [0.15, 0.2) is 0 Å². The first-order valence-electron chi connectivity index (χ1n) is 17.1. The van der Waals surface area contributed by atoms with Crippen LogP contribution in [-0.2, 0) is 10.8 Å². The molecule has 0 atom stereocenters. The van der Waals surface area contributed by atoms with Gasteiger partial charge in [0.25, 0.3) is 0 Å². The van der Waals surface area contributed by atoms with Crippen molar-refractivity contribution in [1.29, 1.82) is 10.5 Å². The van der Waals surface area contributed by atoms with Gasteiger partial charge in [-0.25, -0.2) is 0 Å². The highest BCUT2D eigenvalue weighted by Gasteiger charge is 2.25. The van der Waals surface area contributed by atoms with E-state index in [4.69, 9.17) is 0 Å². The molecule has 0 N–H and O–H groups in total. The number of fused-ring (bicyclic) bond motifs is 6. The molecule has 50 heavy (non-hydrogen) atoms. The summed E-state index contributed by atoms with van der Waals surface area (Å²) in [4.78, 5) is 0. The van der Waals surface area contributed by atoms with Crippen molar-refractivity contribution >= 4 is 43.6 Å². The molecule has 0 saturated heterocycles. The van der Waals surface area contributed by atoms with E-state index < -0.39 is 0 Å². The minimum atomic E-state index is -0.0635. The monoisotopic (exact) mass is 646 g/mol. The number of benzene rings is 6. The maximum absolute atomic E-state index is 11.3. The molecular weight excluding hydrogens is 609 g/mol. The average molecular weight is 647 g/mol. The van der Waals surface area contributed by atoms with Crippen LogP contribution in [0.5, 0.6) is 0 Å². The van der Waals surface area contributed by atoms with Crippen molar-refractivity contribution in [2.24, 2.45) is 0 Å². The lowest BCUT2D eigenvalue weighted by atomic mass is 9.86. The largest absolute Gasteiger partial charge is 0.308 e. The van der Waals surface area contributed by atoms with Crippen LogP contribution >= 0.6 is 0 Å². The Morgan fingerprint density at radius 2 is 0.920 bits per heavy atom. The van der Waals surface area contributed by atoms with E-state index in [9.17, 15) is 10.5 Å². The molecule has 0 unspecified atom stereocenters. The number of hydrogen-bond donors (Lipinski definition) is 0. The van der Waals surface area contributed by atoms with E-state index in [2.05, 4.69) is 160 Å². The summed E-state index contributed by atoms with van der Waals surface area (Å²) in [6.45, 7) is 13.4. The second kappa shape index (κ2) is 11.2. The number of para-hydroxylation sites is 2. The Bertz CT molecular complexity index is 2590. The fourth-order valence-electron chi connectivity index (χ4n) is 7.41. The third-order valence-electron chi connectivity index (χ3n) is 10.1. The number of nitrogens with zero attached hydrogens (tertiary/aromatic N) is 4. The molecule has 8 rings (SSSR count). The van der Waals surface area contributed by atoms with Crippen LogP contribution in [-0.4, -0.2) is 9.13 Å². The van der Waals surface area contributed by atoms with E-state index in [0.717, 1.165) is 66.1 Å². The molecule has 0 aliphatic carbocycles. The van der Waals surface area contributed by atoms with Crippen molar-refractivity contribution in [3.63, 3.8) is 0 Å². The van der Waals surface area contributed by atoms with E-state index in [1.807, 2.05) is 24.3 Å². The van der Waals surface area contributed by atoms with Gasteiger partial charge in [-0.3, -0.25) is 0 Å². The fourth-order valence-corrected chi connectivity index (χ4v) is 7.41. The highest BCUT2D eigenvalue weighted by molar-refractivity contribution is 6.11. The van der Waals surface area contributed by atoms with Gasteiger partial charge in [0.05, 0.1) is 45.1 Å². The number of hydrogen-bond acceptors (Lipinski definition) is 2. The molecule has 8 aromatic rings. The molecule has 2 heterocycles. The van der Waals surface area contributed by atoms with E-state index in [1.165, 1.54) is 11.1 Å². The molecule has 0 aliphatic rings. The van der Waals surface area contributed by atoms with E-state index in [0.29, 0.717) is 11.1 Å². The van der Waals surface area contributed by atoms with Crippen LogP contribution in [0.1, 0.15) is 63.8 Å². The Labute approximate surface area is 293 Å². The second-order valence-corrected chi connectivity index (χ2v) is 15.4. The molecule has 0 saturated carbocycles. The zero-order valence-corrected chi connectivity index (χ0v) is 29.3. The van der Waals surface area contributed by atoms with E-state index >= 15 is 0 Å². The van der Waals surface area contributed by atoms with Crippen LogP contribution in [0.3, 0.4) is 0 Å². The molecule has 0 bridgehead atoms. The molecule has 0 fully saturated rings. The van der Waals surface area contributed by atoms with Crippen molar-refractivity contribution in [1.82, 2.24) is 9.13 Å². The van der Waals surface area contributed by atoms with Crippen LogP contribution in [0.2, 0.25) is 0 Å². The van der Waals surface area contributed by atoms with Crippen LogP contribution < -0.4 is 0 Å². The van der Waals surface area contributed by atoms with Crippen LogP contribution in [0.25, 0.3) is 66.1 Å². The number of aromatic nitrogens is 2.